The van der Waals surface area contributed by atoms with Crippen LogP contribution in [0.2, 0.25) is 0 Å². The molecule has 4 nitrogen and oxygen atoms in total. The summed E-state index contributed by atoms with van der Waals surface area (Å²) in [5.74, 6) is 0.387. The highest BCUT2D eigenvalue weighted by Crippen LogP contribution is 2.46. The second-order valence-electron chi connectivity index (χ2n) is 5.21. The third-order valence-electron chi connectivity index (χ3n) is 3.10. The number of nitrogens with zero attached hydrogens (tertiary/aromatic N) is 2. The van der Waals surface area contributed by atoms with E-state index >= 15 is 0 Å². The summed E-state index contributed by atoms with van der Waals surface area (Å²) >= 11 is 0. The van der Waals surface area contributed by atoms with E-state index < -0.39 is 5.82 Å². The predicted molar refractivity (Wildman–Crippen MR) is 66.6 cm³/mol. The summed E-state index contributed by atoms with van der Waals surface area (Å²) in [5, 5.41) is 6.17. The molecule has 1 aromatic heterocycles. The summed E-state index contributed by atoms with van der Waals surface area (Å²) < 4.78 is 13.5. The van der Waals surface area contributed by atoms with E-state index in [9.17, 15) is 4.39 Å². The number of rotatable bonds is 5. The van der Waals surface area contributed by atoms with Gasteiger partial charge in [0, 0.05) is 12.6 Å². The fourth-order valence-corrected chi connectivity index (χ4v) is 1.67. The zero-order valence-electron chi connectivity index (χ0n) is 10.5. The first-order chi connectivity index (χ1) is 8.03. The van der Waals surface area contributed by atoms with Crippen LogP contribution in [0, 0.1) is 11.2 Å². The van der Waals surface area contributed by atoms with Crippen LogP contribution < -0.4 is 10.6 Å². The minimum atomic E-state index is -0.394. The van der Waals surface area contributed by atoms with Crippen molar-refractivity contribution in [1.82, 2.24) is 9.97 Å². The average molecular weight is 238 g/mol. The maximum Gasteiger partial charge on any atom is 0.224 e. The number of nitrogens with one attached hydrogen (secondary N) is 2. The van der Waals surface area contributed by atoms with Gasteiger partial charge in [0.05, 0.1) is 6.20 Å². The molecule has 2 rings (SSSR count). The second-order valence-corrected chi connectivity index (χ2v) is 5.21. The highest BCUT2D eigenvalue weighted by Gasteiger charge is 2.46. The topological polar surface area (TPSA) is 49.8 Å². The maximum atomic E-state index is 13.5. The second kappa shape index (κ2) is 4.47. The molecule has 2 N–H and O–H groups in total. The molecule has 94 valence electrons. The van der Waals surface area contributed by atoms with Crippen molar-refractivity contribution in [1.29, 1.82) is 0 Å². The Morgan fingerprint density at radius 1 is 1.53 bits per heavy atom. The van der Waals surface area contributed by atoms with Gasteiger partial charge in [0.15, 0.2) is 11.6 Å². The van der Waals surface area contributed by atoms with Gasteiger partial charge in [-0.1, -0.05) is 20.8 Å². The summed E-state index contributed by atoms with van der Waals surface area (Å²) in [6.07, 6.45) is 3.25. The Kier molecular flexibility index (Phi) is 3.17. The van der Waals surface area contributed by atoms with Crippen LogP contribution in [-0.2, 0) is 0 Å². The molecule has 0 amide bonds. The van der Waals surface area contributed by atoms with E-state index in [0.29, 0.717) is 17.8 Å². The number of aromatic nitrogens is 2. The molecule has 0 saturated heterocycles. The summed E-state index contributed by atoms with van der Waals surface area (Å²) in [4.78, 5) is 8.05. The fourth-order valence-electron chi connectivity index (χ4n) is 1.67. The molecule has 0 spiro atoms. The van der Waals surface area contributed by atoms with Crippen molar-refractivity contribution >= 4 is 11.8 Å². The largest absolute Gasteiger partial charge is 0.364 e. The quantitative estimate of drug-likeness (QED) is 0.828. The first-order valence-electron chi connectivity index (χ1n) is 6.06. The van der Waals surface area contributed by atoms with E-state index in [1.165, 1.54) is 6.20 Å². The normalized spacial score (nSPS) is 21.1. The molecule has 1 unspecified atom stereocenters. The zero-order valence-corrected chi connectivity index (χ0v) is 10.5. The van der Waals surface area contributed by atoms with Gasteiger partial charge in [0.25, 0.3) is 0 Å². The van der Waals surface area contributed by atoms with Gasteiger partial charge in [0.2, 0.25) is 5.95 Å². The minimum Gasteiger partial charge on any atom is -0.364 e. The van der Waals surface area contributed by atoms with E-state index in [-0.39, 0.29) is 5.41 Å². The smallest absolute Gasteiger partial charge is 0.224 e. The molecule has 1 saturated carbocycles. The number of halogens is 1. The van der Waals surface area contributed by atoms with Gasteiger partial charge < -0.3 is 10.6 Å². The lowest BCUT2D eigenvalue weighted by atomic mass is 10.2. The van der Waals surface area contributed by atoms with Gasteiger partial charge in [-0.2, -0.15) is 4.98 Å². The number of anilines is 2. The van der Waals surface area contributed by atoms with Crippen molar-refractivity contribution in [3.8, 4) is 0 Å². The van der Waals surface area contributed by atoms with E-state index in [0.717, 1.165) is 19.4 Å². The van der Waals surface area contributed by atoms with E-state index in [1.807, 2.05) is 0 Å². The Hall–Kier alpha value is -1.39. The Labute approximate surface area is 101 Å². The van der Waals surface area contributed by atoms with Crippen LogP contribution in [0.15, 0.2) is 6.20 Å². The molecule has 17 heavy (non-hydrogen) atoms. The third kappa shape index (κ3) is 2.84. The lowest BCUT2D eigenvalue weighted by Crippen LogP contribution is -2.13. The van der Waals surface area contributed by atoms with Crippen LogP contribution in [0.5, 0.6) is 0 Å². The molecule has 5 heteroatoms. The number of hydrogen-bond acceptors (Lipinski definition) is 4. The summed E-state index contributed by atoms with van der Waals surface area (Å²) in [7, 11) is 0. The lowest BCUT2D eigenvalue weighted by molar-refractivity contribution is 0.605. The standard InChI is InChI=1S/C12H19FN4/c1-4-5-14-11-15-7-8(13)10(17-11)16-9-6-12(9,2)3/h7,9H,4-6H2,1-3H3,(H2,14,15,16,17). The summed E-state index contributed by atoms with van der Waals surface area (Å²) in [5.41, 5.74) is 0.244. The van der Waals surface area contributed by atoms with Crippen LogP contribution in [0.3, 0.4) is 0 Å². The Morgan fingerprint density at radius 2 is 2.24 bits per heavy atom. The molecule has 0 aromatic carbocycles. The molecule has 1 heterocycles. The van der Waals surface area contributed by atoms with E-state index in [2.05, 4.69) is 41.4 Å². The summed E-state index contributed by atoms with van der Waals surface area (Å²) in [6.45, 7) is 7.16. The molecular weight excluding hydrogens is 219 g/mol. The molecule has 1 fully saturated rings. The van der Waals surface area contributed by atoms with Crippen LogP contribution in [0.1, 0.15) is 33.6 Å². The van der Waals surface area contributed by atoms with Crippen molar-refractivity contribution in [2.24, 2.45) is 5.41 Å². The first-order valence-corrected chi connectivity index (χ1v) is 6.06. The molecule has 1 aromatic rings. The molecule has 0 radical (unpaired) electrons. The Bertz CT molecular complexity index is 405. The van der Waals surface area contributed by atoms with Gasteiger partial charge in [-0.3, -0.25) is 0 Å². The minimum absolute atomic E-state index is 0.244. The summed E-state index contributed by atoms with van der Waals surface area (Å²) in [6, 6.07) is 0.311. The lowest BCUT2D eigenvalue weighted by Gasteiger charge is -2.10. The van der Waals surface area contributed by atoms with Crippen molar-refractivity contribution in [2.75, 3.05) is 17.2 Å². The van der Waals surface area contributed by atoms with Gasteiger partial charge >= 0.3 is 0 Å². The molecule has 0 aliphatic heterocycles. The molecule has 1 aliphatic rings. The van der Waals surface area contributed by atoms with Crippen molar-refractivity contribution in [3.63, 3.8) is 0 Å². The molecule has 1 aliphatic carbocycles. The highest BCUT2D eigenvalue weighted by atomic mass is 19.1. The van der Waals surface area contributed by atoms with Gasteiger partial charge in [-0.25, -0.2) is 9.37 Å². The van der Waals surface area contributed by atoms with Crippen molar-refractivity contribution in [3.05, 3.63) is 12.0 Å². The average Bonchev–Trinajstić information content (AvgIpc) is 2.87. The molecular formula is C12H19FN4. The third-order valence-corrected chi connectivity index (χ3v) is 3.10. The SMILES string of the molecule is CCCNc1ncc(F)c(NC2CC2(C)C)n1. The van der Waals surface area contributed by atoms with Crippen LogP contribution in [-0.4, -0.2) is 22.6 Å². The number of hydrogen-bond donors (Lipinski definition) is 2. The van der Waals surface area contributed by atoms with Crippen molar-refractivity contribution in [2.45, 2.75) is 39.7 Å². The predicted octanol–water partition coefficient (Wildman–Crippen LogP) is 2.65. The Balaban J connectivity index is 2.05. The Morgan fingerprint density at radius 3 is 2.82 bits per heavy atom. The monoisotopic (exact) mass is 238 g/mol. The fraction of sp³-hybridized carbons (Fsp3) is 0.667. The maximum absolute atomic E-state index is 13.5. The van der Waals surface area contributed by atoms with Gasteiger partial charge in [-0.15, -0.1) is 0 Å². The van der Waals surface area contributed by atoms with Gasteiger partial charge in [0.1, 0.15) is 0 Å². The highest BCUT2D eigenvalue weighted by molar-refractivity contribution is 5.43. The zero-order chi connectivity index (χ0) is 12.5. The van der Waals surface area contributed by atoms with Crippen LogP contribution in [0.4, 0.5) is 16.2 Å². The molecule has 1 atom stereocenters. The molecule has 0 bridgehead atoms. The van der Waals surface area contributed by atoms with E-state index in [4.69, 9.17) is 0 Å². The van der Waals surface area contributed by atoms with Crippen LogP contribution >= 0.6 is 0 Å². The van der Waals surface area contributed by atoms with Gasteiger partial charge in [-0.05, 0) is 18.3 Å². The van der Waals surface area contributed by atoms with Crippen molar-refractivity contribution < 1.29 is 4.39 Å². The first kappa shape index (κ1) is 12.1. The van der Waals surface area contributed by atoms with Crippen LogP contribution in [0.25, 0.3) is 0 Å². The van der Waals surface area contributed by atoms with E-state index in [1.54, 1.807) is 0 Å².